The van der Waals surface area contributed by atoms with Gasteiger partial charge in [-0.2, -0.15) is 19.9 Å². The van der Waals surface area contributed by atoms with Crippen molar-refractivity contribution >= 4 is 21.8 Å². The topological polar surface area (TPSA) is 356 Å². The third kappa shape index (κ3) is 22.6. The van der Waals surface area contributed by atoms with Crippen LogP contribution in [0.4, 0.5) is 0 Å². The van der Waals surface area contributed by atoms with Crippen molar-refractivity contribution in [3.8, 4) is 137 Å². The number of aliphatic hydroxyl groups excluding tert-OH is 3. The van der Waals surface area contributed by atoms with E-state index in [9.17, 15) is 10.2 Å². The number of likely N-dealkylation sites (tertiary alicyclic amines) is 2. The fourth-order valence-electron chi connectivity index (χ4n) is 15.7. The SMILES string of the molecule is CCOc1ccc(-c2nc(-c3ccc4[nH]cc(CCCCN(C)C)c4c3)no2)cc1OCC.CCOc1ccc(-c2nc(-c3ccc4[nH]cc(CN5CC[C@H](O)C5)c4c3)no2)cc1OCC.CCOc1ccc(-c2nc(-c3cccc4c3CCC4NCCO)no2)cc1OCC.CCOc1ccc(-c2nc(-c3ccnc(CN4CC[C@@H](O)C4)c3)no2)cc1OCC. The van der Waals surface area contributed by atoms with Crippen molar-refractivity contribution in [2.24, 2.45) is 0 Å². The number of nitrogens with zero attached hydrogens (tertiary/aromatic N) is 12. The monoisotopic (exact) mass is 1720 g/mol. The third-order valence-electron chi connectivity index (χ3n) is 21.6. The fraction of sp³-hybridized carbons (Fsp3) is 0.385. The van der Waals surface area contributed by atoms with Crippen LogP contribution in [0.3, 0.4) is 0 Å². The molecule has 2 aliphatic heterocycles. The maximum Gasteiger partial charge on any atom is 0.258 e. The molecule has 1 aliphatic carbocycles. The van der Waals surface area contributed by atoms with Gasteiger partial charge in [0.25, 0.3) is 23.6 Å². The lowest BCUT2D eigenvalue weighted by atomic mass is 10.0. The summed E-state index contributed by atoms with van der Waals surface area (Å²) in [6.45, 7) is 26.4. The molecule has 7 aromatic heterocycles. The molecule has 2 saturated heterocycles. The number of β-amino-alcohol motifs (C(OH)–C–C–N with tert-alkyl or cyclic N) is 2. The highest BCUT2D eigenvalue weighted by Crippen LogP contribution is 2.42. The molecule has 126 heavy (non-hydrogen) atoms. The third-order valence-corrected chi connectivity index (χ3v) is 21.6. The predicted molar refractivity (Wildman–Crippen MR) is 481 cm³/mol. The maximum atomic E-state index is 9.83. The lowest BCUT2D eigenvalue weighted by Crippen LogP contribution is -2.22. The molecule has 0 amide bonds. The lowest BCUT2D eigenvalue weighted by molar-refractivity contribution is 0.174. The molecule has 3 atom stereocenters. The van der Waals surface area contributed by atoms with Crippen molar-refractivity contribution < 1.29 is 71.3 Å². The summed E-state index contributed by atoms with van der Waals surface area (Å²) in [5.41, 5.74) is 14.9. The van der Waals surface area contributed by atoms with Crippen LogP contribution in [0.5, 0.6) is 46.0 Å². The molecular formula is C96H113N15O15. The van der Waals surface area contributed by atoms with Crippen molar-refractivity contribution in [3.05, 3.63) is 186 Å². The van der Waals surface area contributed by atoms with Gasteiger partial charge in [-0.15, -0.1) is 0 Å². The average Bonchev–Trinajstić information content (AvgIpc) is 1.64. The molecule has 662 valence electrons. The van der Waals surface area contributed by atoms with E-state index >= 15 is 0 Å². The van der Waals surface area contributed by atoms with Crippen LogP contribution in [0.25, 0.3) is 113 Å². The van der Waals surface area contributed by atoms with Crippen LogP contribution in [0.2, 0.25) is 0 Å². The van der Waals surface area contributed by atoms with E-state index in [2.05, 4.69) is 120 Å². The first kappa shape index (κ1) is 89.7. The van der Waals surface area contributed by atoms with Crippen LogP contribution in [0.15, 0.2) is 176 Å². The number of aliphatic hydroxyl groups is 3. The molecule has 17 rings (SSSR count). The second-order valence-electron chi connectivity index (χ2n) is 30.7. The van der Waals surface area contributed by atoms with Crippen LogP contribution >= 0.6 is 0 Å². The molecule has 30 heteroatoms. The van der Waals surface area contributed by atoms with E-state index in [1.807, 2.05) is 177 Å². The molecule has 2 fully saturated rings. The lowest BCUT2D eigenvalue weighted by Gasteiger charge is -2.14. The van der Waals surface area contributed by atoms with Crippen molar-refractivity contribution in [2.45, 2.75) is 132 Å². The summed E-state index contributed by atoms with van der Waals surface area (Å²) in [7, 11) is 4.23. The highest BCUT2D eigenvalue weighted by molar-refractivity contribution is 5.88. The van der Waals surface area contributed by atoms with Gasteiger partial charge in [-0.05, 0) is 265 Å². The number of pyridine rings is 1. The van der Waals surface area contributed by atoms with Crippen LogP contribution in [0.1, 0.15) is 121 Å². The van der Waals surface area contributed by atoms with Crippen LogP contribution in [-0.4, -0.2) is 211 Å². The number of fused-ring (bicyclic) bond motifs is 3. The number of aromatic amines is 2. The van der Waals surface area contributed by atoms with E-state index in [0.29, 0.717) is 172 Å². The van der Waals surface area contributed by atoms with E-state index in [1.165, 1.54) is 34.1 Å². The Morgan fingerprint density at radius 3 is 1.29 bits per heavy atom. The number of hydrogen-bond acceptors (Lipinski definition) is 28. The molecule has 0 saturated carbocycles. The molecule has 14 aromatic rings. The second kappa shape index (κ2) is 43.9. The number of aromatic nitrogens is 11. The van der Waals surface area contributed by atoms with Gasteiger partial charge < -0.3 is 91.5 Å². The van der Waals surface area contributed by atoms with Crippen molar-refractivity contribution in [2.75, 3.05) is 113 Å². The molecule has 0 radical (unpaired) electrons. The average molecular weight is 1720 g/mol. The number of H-pyrrole nitrogens is 2. The quantitative estimate of drug-likeness (QED) is 0.0199. The molecule has 0 spiro atoms. The molecule has 0 bridgehead atoms. The standard InChI is InChI=1S/C26H32N4O3.C25H28N4O4.C23H27N3O4.C22H26N4O4/c1-5-31-23-13-11-19(16-24(23)32-6-2)26-28-25(29-33-26)18-10-12-22-21(15-18)20(17-27-22)9-7-8-14-30(3)4;1-3-31-22-8-6-17(12-23(22)32-4-2)25-27-24(28-33-25)16-5-7-21-20(11-16)18(13-26-21)14-29-10-9-19(30)15-29;1-3-28-20-11-8-15(14-21(20)29-4-2)23-25-22(26-30-23)18-7-5-6-17-16(18)9-10-19(17)24-12-13-27;1-3-28-19-6-5-16(12-20(19)29-4-2)22-24-21(25-30-22)15-7-9-23-17(11-15)13-26-10-8-18(27)14-26/h10-13,15-17,27H,5-9,14H2,1-4H3;5-8,11-13,19,26,30H,3-4,9-10,14-15H2,1-2H3;5-8,11,14,19,24,27H,3-4,9-10,12-13H2,1-2H3;5-7,9,11-12,18,27H,3-4,8,10,13-14H2,1-2H3/t;19-;;18-/m.0.1/s1. The number of aryl methyl sites for hydroxylation is 1. The number of benzene rings is 7. The first-order chi connectivity index (χ1) is 61.6. The summed E-state index contributed by atoms with van der Waals surface area (Å²) in [5.74, 6) is 9.34. The zero-order valence-electron chi connectivity index (χ0n) is 73.3. The summed E-state index contributed by atoms with van der Waals surface area (Å²) in [5, 5.41) is 51.2. The first-order valence-electron chi connectivity index (χ1n) is 43.7. The maximum absolute atomic E-state index is 9.83. The minimum atomic E-state index is -0.247. The Kier molecular flexibility index (Phi) is 31.2. The zero-order chi connectivity index (χ0) is 87.8. The minimum Gasteiger partial charge on any atom is -0.490 e. The molecule has 9 heterocycles. The van der Waals surface area contributed by atoms with Gasteiger partial charge in [-0.1, -0.05) is 38.8 Å². The van der Waals surface area contributed by atoms with Crippen LogP contribution in [-0.2, 0) is 25.9 Å². The number of nitrogens with one attached hydrogen (secondary N) is 3. The number of rotatable bonds is 36. The van der Waals surface area contributed by atoms with E-state index in [4.69, 9.17) is 61.1 Å². The zero-order valence-corrected chi connectivity index (χ0v) is 73.3. The van der Waals surface area contributed by atoms with Crippen LogP contribution in [0, 0.1) is 0 Å². The van der Waals surface area contributed by atoms with Gasteiger partial charge in [-0.3, -0.25) is 14.8 Å². The van der Waals surface area contributed by atoms with Crippen molar-refractivity contribution in [1.29, 1.82) is 0 Å². The molecule has 6 N–H and O–H groups in total. The Hall–Kier alpha value is -12.6. The Bertz CT molecular complexity index is 5840. The molecule has 1 unspecified atom stereocenters. The number of ether oxygens (including phenoxy) is 8. The normalized spacial score (nSPS) is 14.9. The summed E-state index contributed by atoms with van der Waals surface area (Å²) in [6.07, 6.45) is 12.4. The predicted octanol–water partition coefficient (Wildman–Crippen LogP) is 16.7. The molecule has 3 aliphatic rings. The first-order valence-corrected chi connectivity index (χ1v) is 43.7. The Labute approximate surface area is 732 Å². The molecule has 30 nitrogen and oxygen atoms in total. The van der Waals surface area contributed by atoms with Gasteiger partial charge in [0.2, 0.25) is 23.3 Å². The van der Waals surface area contributed by atoms with Crippen LogP contribution < -0.4 is 43.2 Å². The summed E-state index contributed by atoms with van der Waals surface area (Å²) < 4.78 is 67.6. The smallest absolute Gasteiger partial charge is 0.258 e. The summed E-state index contributed by atoms with van der Waals surface area (Å²) >= 11 is 0. The van der Waals surface area contributed by atoms with Gasteiger partial charge >= 0.3 is 0 Å². The summed E-state index contributed by atoms with van der Waals surface area (Å²) in [4.78, 5) is 36.3. The van der Waals surface area contributed by atoms with Gasteiger partial charge in [0, 0.05) is 137 Å². The van der Waals surface area contributed by atoms with Gasteiger partial charge in [-0.25, -0.2) is 0 Å². The highest BCUT2D eigenvalue weighted by atomic mass is 16.5. The Morgan fingerprint density at radius 2 is 0.857 bits per heavy atom. The van der Waals surface area contributed by atoms with Gasteiger partial charge in [0.1, 0.15) is 0 Å². The van der Waals surface area contributed by atoms with Crippen molar-refractivity contribution in [3.63, 3.8) is 0 Å². The van der Waals surface area contributed by atoms with Gasteiger partial charge in [0.05, 0.1) is 77.4 Å². The van der Waals surface area contributed by atoms with E-state index in [0.717, 1.165) is 131 Å². The summed E-state index contributed by atoms with van der Waals surface area (Å²) in [6, 6.07) is 45.1. The highest BCUT2D eigenvalue weighted by Gasteiger charge is 2.29. The van der Waals surface area contributed by atoms with E-state index in [-0.39, 0.29) is 24.9 Å². The van der Waals surface area contributed by atoms with E-state index in [1.54, 1.807) is 6.20 Å². The largest absolute Gasteiger partial charge is 0.490 e. The number of unbranched alkanes of at least 4 members (excludes halogenated alkanes) is 1. The fourth-order valence-corrected chi connectivity index (χ4v) is 15.7. The second-order valence-corrected chi connectivity index (χ2v) is 30.7. The Morgan fingerprint density at radius 1 is 0.444 bits per heavy atom. The Balaban J connectivity index is 0.000000136. The van der Waals surface area contributed by atoms with Crippen molar-refractivity contribution in [1.82, 2.24) is 75.5 Å². The molecule has 7 aromatic carbocycles. The molecular weight excluding hydrogens is 1600 g/mol. The van der Waals surface area contributed by atoms with E-state index < -0.39 is 0 Å². The minimum absolute atomic E-state index is 0.131. The number of hydrogen-bond donors (Lipinski definition) is 6. The van der Waals surface area contributed by atoms with Gasteiger partial charge in [0.15, 0.2) is 46.0 Å².